The summed E-state index contributed by atoms with van der Waals surface area (Å²) in [5.41, 5.74) is 0. The van der Waals surface area contributed by atoms with Crippen LogP contribution in [0.4, 0.5) is 0 Å². The average molecular weight is 312 g/mol. The van der Waals surface area contributed by atoms with Crippen LogP contribution in [0.15, 0.2) is 4.99 Å². The standard InChI is InChI=1S/C15H28N4O3/c1-11(2)13(20)17-7-8-18-15(16-3)19-9-5-12(6-10-19)14(21)22-4/h11-12H,5-10H2,1-4H3,(H,16,18)(H,17,20). The van der Waals surface area contributed by atoms with E-state index < -0.39 is 0 Å². The number of guanidine groups is 1. The van der Waals surface area contributed by atoms with E-state index in [1.807, 2.05) is 13.8 Å². The number of methoxy groups -OCH3 is 1. The van der Waals surface area contributed by atoms with Crippen molar-refractivity contribution in [2.45, 2.75) is 26.7 Å². The molecule has 1 aliphatic rings. The zero-order chi connectivity index (χ0) is 16.5. The molecule has 0 unspecified atom stereocenters. The molecule has 7 nitrogen and oxygen atoms in total. The first kappa shape index (κ1) is 18.3. The summed E-state index contributed by atoms with van der Waals surface area (Å²) in [4.78, 5) is 29.4. The van der Waals surface area contributed by atoms with Gasteiger partial charge < -0.3 is 20.3 Å². The molecule has 0 aromatic heterocycles. The second kappa shape index (κ2) is 9.27. The Hall–Kier alpha value is -1.79. The van der Waals surface area contributed by atoms with E-state index in [1.54, 1.807) is 7.05 Å². The number of hydrogen-bond acceptors (Lipinski definition) is 4. The second-order valence-corrected chi connectivity index (χ2v) is 5.70. The van der Waals surface area contributed by atoms with Gasteiger partial charge in [0.2, 0.25) is 5.91 Å². The number of esters is 1. The first-order chi connectivity index (χ1) is 10.5. The molecule has 1 fully saturated rings. The van der Waals surface area contributed by atoms with E-state index >= 15 is 0 Å². The number of nitrogens with one attached hydrogen (secondary N) is 2. The molecular formula is C15H28N4O3. The van der Waals surface area contributed by atoms with Crippen molar-refractivity contribution in [2.75, 3.05) is 40.3 Å². The lowest BCUT2D eigenvalue weighted by molar-refractivity contribution is -0.146. The summed E-state index contributed by atoms with van der Waals surface area (Å²) < 4.78 is 4.79. The average Bonchev–Trinajstić information content (AvgIpc) is 2.54. The quantitative estimate of drug-likeness (QED) is 0.328. The molecule has 0 saturated carbocycles. The Bertz CT molecular complexity index is 402. The van der Waals surface area contributed by atoms with Crippen LogP contribution in [0.1, 0.15) is 26.7 Å². The highest BCUT2D eigenvalue weighted by Gasteiger charge is 2.26. The van der Waals surface area contributed by atoms with Crippen molar-refractivity contribution in [1.29, 1.82) is 0 Å². The van der Waals surface area contributed by atoms with Crippen LogP contribution < -0.4 is 10.6 Å². The molecular weight excluding hydrogens is 284 g/mol. The lowest BCUT2D eigenvalue weighted by Gasteiger charge is -2.33. The summed E-state index contributed by atoms with van der Waals surface area (Å²) in [5.74, 6) is 0.720. The van der Waals surface area contributed by atoms with Gasteiger partial charge in [0.05, 0.1) is 13.0 Å². The van der Waals surface area contributed by atoms with Gasteiger partial charge in [0.1, 0.15) is 0 Å². The fraction of sp³-hybridized carbons (Fsp3) is 0.800. The van der Waals surface area contributed by atoms with E-state index in [2.05, 4.69) is 20.5 Å². The van der Waals surface area contributed by atoms with Crippen LogP contribution in [-0.2, 0) is 14.3 Å². The molecule has 0 atom stereocenters. The van der Waals surface area contributed by atoms with E-state index in [0.29, 0.717) is 13.1 Å². The predicted octanol–water partition coefficient (Wildman–Crippen LogP) is 0.219. The van der Waals surface area contributed by atoms with E-state index in [-0.39, 0.29) is 23.7 Å². The molecule has 1 amide bonds. The maximum Gasteiger partial charge on any atom is 0.308 e. The van der Waals surface area contributed by atoms with Gasteiger partial charge in [0.25, 0.3) is 0 Å². The summed E-state index contributed by atoms with van der Waals surface area (Å²) in [5, 5.41) is 6.09. The van der Waals surface area contributed by atoms with E-state index in [0.717, 1.165) is 31.9 Å². The number of hydrogen-bond donors (Lipinski definition) is 2. The first-order valence-electron chi connectivity index (χ1n) is 7.80. The minimum Gasteiger partial charge on any atom is -0.469 e. The van der Waals surface area contributed by atoms with Crippen LogP contribution in [0, 0.1) is 11.8 Å². The van der Waals surface area contributed by atoms with Crippen molar-refractivity contribution in [3.63, 3.8) is 0 Å². The zero-order valence-electron chi connectivity index (χ0n) is 14.0. The van der Waals surface area contributed by atoms with Gasteiger partial charge in [0.15, 0.2) is 5.96 Å². The Balaban J connectivity index is 2.31. The maximum absolute atomic E-state index is 11.5. The van der Waals surface area contributed by atoms with Crippen molar-refractivity contribution in [1.82, 2.24) is 15.5 Å². The highest BCUT2D eigenvalue weighted by molar-refractivity contribution is 5.81. The molecule has 0 aromatic carbocycles. The number of carbonyl (C=O) groups is 2. The molecule has 0 aromatic rings. The van der Waals surface area contributed by atoms with E-state index in [1.165, 1.54) is 7.11 Å². The highest BCUT2D eigenvalue weighted by atomic mass is 16.5. The van der Waals surface area contributed by atoms with Crippen molar-refractivity contribution in [3.05, 3.63) is 0 Å². The molecule has 0 aliphatic carbocycles. The maximum atomic E-state index is 11.5. The molecule has 0 spiro atoms. The van der Waals surface area contributed by atoms with Crippen molar-refractivity contribution in [2.24, 2.45) is 16.8 Å². The van der Waals surface area contributed by atoms with Gasteiger partial charge in [-0.1, -0.05) is 13.8 Å². The predicted molar refractivity (Wildman–Crippen MR) is 85.5 cm³/mol. The smallest absolute Gasteiger partial charge is 0.308 e. The van der Waals surface area contributed by atoms with Crippen molar-refractivity contribution in [3.8, 4) is 0 Å². The summed E-state index contributed by atoms with van der Waals surface area (Å²) in [6, 6.07) is 0. The molecule has 22 heavy (non-hydrogen) atoms. The molecule has 1 rings (SSSR count). The SMILES string of the molecule is CN=C(NCCNC(=O)C(C)C)N1CCC(C(=O)OC)CC1. The fourth-order valence-corrected chi connectivity index (χ4v) is 2.39. The lowest BCUT2D eigenvalue weighted by Crippen LogP contribution is -2.48. The fourth-order valence-electron chi connectivity index (χ4n) is 2.39. The van der Waals surface area contributed by atoms with Gasteiger partial charge in [-0.3, -0.25) is 14.6 Å². The molecule has 2 N–H and O–H groups in total. The molecule has 0 bridgehead atoms. The number of aliphatic imine (C=N–C) groups is 1. The normalized spacial score (nSPS) is 16.6. The summed E-state index contributed by atoms with van der Waals surface area (Å²) in [7, 11) is 3.17. The third-order valence-corrected chi connectivity index (χ3v) is 3.77. The second-order valence-electron chi connectivity index (χ2n) is 5.70. The number of ether oxygens (including phenoxy) is 1. The Kier molecular flexibility index (Phi) is 7.70. The largest absolute Gasteiger partial charge is 0.469 e. The number of carbonyl (C=O) groups excluding carboxylic acids is 2. The molecule has 0 radical (unpaired) electrons. The molecule has 1 aliphatic heterocycles. The van der Waals surface area contributed by atoms with Crippen LogP contribution in [0.3, 0.4) is 0 Å². The lowest BCUT2D eigenvalue weighted by atomic mass is 9.97. The van der Waals surface area contributed by atoms with Gasteiger partial charge in [-0.05, 0) is 12.8 Å². The van der Waals surface area contributed by atoms with Crippen molar-refractivity contribution >= 4 is 17.8 Å². The monoisotopic (exact) mass is 312 g/mol. The van der Waals surface area contributed by atoms with Gasteiger partial charge in [-0.25, -0.2) is 0 Å². The van der Waals surface area contributed by atoms with E-state index in [9.17, 15) is 9.59 Å². The van der Waals surface area contributed by atoms with Crippen LogP contribution >= 0.6 is 0 Å². The van der Waals surface area contributed by atoms with Gasteiger partial charge in [-0.2, -0.15) is 0 Å². The Morgan fingerprint density at radius 1 is 1.23 bits per heavy atom. The topological polar surface area (TPSA) is 83.0 Å². The first-order valence-corrected chi connectivity index (χ1v) is 7.80. The minimum atomic E-state index is -0.126. The zero-order valence-corrected chi connectivity index (χ0v) is 14.0. The minimum absolute atomic E-state index is 0.00309. The molecule has 7 heteroatoms. The number of amides is 1. The summed E-state index contributed by atoms with van der Waals surface area (Å²) in [6.07, 6.45) is 1.55. The Morgan fingerprint density at radius 2 is 1.82 bits per heavy atom. The summed E-state index contributed by atoms with van der Waals surface area (Å²) >= 11 is 0. The van der Waals surface area contributed by atoms with Crippen LogP contribution in [0.2, 0.25) is 0 Å². The van der Waals surface area contributed by atoms with Crippen molar-refractivity contribution < 1.29 is 14.3 Å². The Morgan fingerprint density at radius 3 is 2.32 bits per heavy atom. The van der Waals surface area contributed by atoms with Gasteiger partial charge in [0, 0.05) is 39.1 Å². The van der Waals surface area contributed by atoms with Gasteiger partial charge >= 0.3 is 5.97 Å². The highest BCUT2D eigenvalue weighted by Crippen LogP contribution is 2.18. The van der Waals surface area contributed by atoms with Gasteiger partial charge in [-0.15, -0.1) is 0 Å². The number of piperidine rings is 1. The molecule has 1 saturated heterocycles. The number of rotatable bonds is 5. The third kappa shape index (κ3) is 5.54. The number of nitrogens with zero attached hydrogens (tertiary/aromatic N) is 2. The molecule has 126 valence electrons. The Labute approximate surface area is 132 Å². The van der Waals surface area contributed by atoms with Crippen LogP contribution in [0.5, 0.6) is 0 Å². The summed E-state index contributed by atoms with van der Waals surface area (Å²) in [6.45, 7) is 6.48. The molecule has 1 heterocycles. The van der Waals surface area contributed by atoms with Crippen LogP contribution in [0.25, 0.3) is 0 Å². The van der Waals surface area contributed by atoms with E-state index in [4.69, 9.17) is 4.74 Å². The van der Waals surface area contributed by atoms with Crippen LogP contribution in [-0.4, -0.2) is 63.1 Å². The number of likely N-dealkylation sites (tertiary alicyclic amines) is 1. The third-order valence-electron chi connectivity index (χ3n) is 3.77.